The van der Waals surface area contributed by atoms with Gasteiger partial charge in [0.05, 0.1) is 13.7 Å². The van der Waals surface area contributed by atoms with Crippen molar-refractivity contribution in [3.63, 3.8) is 0 Å². The molecule has 1 atom stereocenters. The van der Waals surface area contributed by atoms with Gasteiger partial charge in [0.25, 0.3) is 0 Å². The smallest absolute Gasteiger partial charge is 0.317 e. The molecule has 1 aliphatic heterocycles. The Kier molecular flexibility index (Phi) is 8.00. The molecule has 2 amide bonds. The summed E-state index contributed by atoms with van der Waals surface area (Å²) in [6.07, 6.45) is 0.948. The number of hydrogen-bond acceptors (Lipinski definition) is 4. The van der Waals surface area contributed by atoms with Gasteiger partial charge in [-0.1, -0.05) is 11.6 Å². The number of rotatable bonds is 7. The maximum Gasteiger partial charge on any atom is 0.317 e. The highest BCUT2D eigenvalue weighted by atomic mass is 35.5. The maximum atomic E-state index is 12.4. The predicted octanol–water partition coefficient (Wildman–Crippen LogP) is 2.52. The quantitative estimate of drug-likeness (QED) is 0.787. The monoisotopic (exact) mass is 382 g/mol. The van der Waals surface area contributed by atoms with Crippen LogP contribution in [0.15, 0.2) is 18.2 Å². The van der Waals surface area contributed by atoms with Gasteiger partial charge in [0.2, 0.25) is 0 Å². The second-order valence-electron chi connectivity index (χ2n) is 7.02. The molecule has 146 valence electrons. The molecule has 1 saturated heterocycles. The van der Waals surface area contributed by atoms with Crippen molar-refractivity contribution in [1.82, 2.24) is 20.0 Å². The number of benzene rings is 1. The van der Waals surface area contributed by atoms with Crippen LogP contribution in [0.3, 0.4) is 0 Å². The number of ether oxygens (including phenoxy) is 1. The lowest BCUT2D eigenvalue weighted by molar-refractivity contribution is 0.114. The van der Waals surface area contributed by atoms with Crippen molar-refractivity contribution in [2.24, 2.45) is 0 Å². The minimum absolute atomic E-state index is 0.0855. The largest absolute Gasteiger partial charge is 0.496 e. The van der Waals surface area contributed by atoms with Crippen LogP contribution in [0.4, 0.5) is 4.79 Å². The molecule has 1 heterocycles. The first-order valence-corrected chi connectivity index (χ1v) is 9.52. The van der Waals surface area contributed by atoms with Crippen molar-refractivity contribution in [2.45, 2.75) is 25.9 Å². The third-order valence-electron chi connectivity index (χ3n) is 5.00. The summed E-state index contributed by atoms with van der Waals surface area (Å²) >= 11 is 6.06. The summed E-state index contributed by atoms with van der Waals surface area (Å²) in [7, 11) is 5.55. The SMILES string of the molecule is COc1ccc(Cl)cc1CN(C)C(=O)NCC[C@@H](C)N1CCN(C)CC1. The van der Waals surface area contributed by atoms with E-state index < -0.39 is 0 Å². The number of halogens is 1. The van der Waals surface area contributed by atoms with Gasteiger partial charge in [-0.25, -0.2) is 4.79 Å². The molecule has 2 rings (SSSR count). The van der Waals surface area contributed by atoms with E-state index >= 15 is 0 Å². The molecule has 0 unspecified atom stereocenters. The zero-order valence-electron chi connectivity index (χ0n) is 16.3. The molecule has 0 aromatic heterocycles. The average molecular weight is 383 g/mol. The molecule has 0 radical (unpaired) electrons. The van der Waals surface area contributed by atoms with Gasteiger partial charge in [0.15, 0.2) is 0 Å². The molecular weight excluding hydrogens is 352 g/mol. The second-order valence-corrected chi connectivity index (χ2v) is 7.46. The zero-order valence-corrected chi connectivity index (χ0v) is 17.1. The van der Waals surface area contributed by atoms with E-state index in [1.165, 1.54) is 0 Å². The van der Waals surface area contributed by atoms with Gasteiger partial charge in [-0.05, 0) is 38.6 Å². The van der Waals surface area contributed by atoms with Crippen molar-refractivity contribution in [1.29, 1.82) is 0 Å². The van der Waals surface area contributed by atoms with E-state index in [-0.39, 0.29) is 6.03 Å². The number of hydrogen-bond donors (Lipinski definition) is 1. The van der Waals surface area contributed by atoms with E-state index in [2.05, 4.69) is 29.1 Å². The predicted molar refractivity (Wildman–Crippen MR) is 106 cm³/mol. The molecule has 0 saturated carbocycles. The number of likely N-dealkylation sites (N-methyl/N-ethyl adjacent to an activating group) is 1. The third kappa shape index (κ3) is 6.04. The Morgan fingerprint density at radius 2 is 2.04 bits per heavy atom. The number of piperazine rings is 1. The van der Waals surface area contributed by atoms with Crippen LogP contribution in [-0.4, -0.2) is 80.7 Å². The van der Waals surface area contributed by atoms with Crippen LogP contribution in [0, 0.1) is 0 Å². The number of carbonyl (C=O) groups excluding carboxylic acids is 1. The van der Waals surface area contributed by atoms with Gasteiger partial charge in [0.1, 0.15) is 5.75 Å². The van der Waals surface area contributed by atoms with Gasteiger partial charge in [-0.15, -0.1) is 0 Å². The Morgan fingerprint density at radius 1 is 1.35 bits per heavy atom. The summed E-state index contributed by atoms with van der Waals surface area (Å²) in [5.41, 5.74) is 0.892. The van der Waals surface area contributed by atoms with E-state index in [0.717, 1.165) is 43.9 Å². The minimum atomic E-state index is -0.0855. The molecule has 1 aromatic rings. The van der Waals surface area contributed by atoms with E-state index in [4.69, 9.17) is 16.3 Å². The molecule has 7 heteroatoms. The van der Waals surface area contributed by atoms with Crippen LogP contribution in [0.2, 0.25) is 5.02 Å². The summed E-state index contributed by atoms with van der Waals surface area (Å²) in [4.78, 5) is 18.8. The highest BCUT2D eigenvalue weighted by Gasteiger charge is 2.19. The number of amides is 2. The van der Waals surface area contributed by atoms with Gasteiger partial charge >= 0.3 is 6.03 Å². The fraction of sp³-hybridized carbons (Fsp3) is 0.632. The highest BCUT2D eigenvalue weighted by molar-refractivity contribution is 6.30. The summed E-state index contributed by atoms with van der Waals surface area (Å²) in [6, 6.07) is 5.82. The molecule has 1 fully saturated rings. The number of methoxy groups -OCH3 is 1. The number of urea groups is 1. The molecule has 0 spiro atoms. The van der Waals surface area contributed by atoms with Gasteiger partial charge in [0, 0.05) is 56.4 Å². The molecule has 0 aliphatic carbocycles. The minimum Gasteiger partial charge on any atom is -0.496 e. The Hall–Kier alpha value is -1.50. The van der Waals surface area contributed by atoms with Crippen LogP contribution in [-0.2, 0) is 6.54 Å². The topological polar surface area (TPSA) is 48.1 Å². The van der Waals surface area contributed by atoms with Crippen LogP contribution in [0.1, 0.15) is 18.9 Å². The first-order chi connectivity index (χ1) is 12.4. The Balaban J connectivity index is 1.76. The molecule has 6 nitrogen and oxygen atoms in total. The molecule has 1 N–H and O–H groups in total. The molecular formula is C19H31ClN4O2. The summed E-state index contributed by atoms with van der Waals surface area (Å²) in [5.74, 6) is 0.734. The number of carbonyl (C=O) groups is 1. The van der Waals surface area contributed by atoms with E-state index in [9.17, 15) is 4.79 Å². The van der Waals surface area contributed by atoms with Crippen molar-refractivity contribution in [3.8, 4) is 5.75 Å². The van der Waals surface area contributed by atoms with Crippen LogP contribution in [0.25, 0.3) is 0 Å². The molecule has 26 heavy (non-hydrogen) atoms. The lowest BCUT2D eigenvalue weighted by Gasteiger charge is -2.36. The Bertz CT molecular complexity index is 591. The number of nitrogens with one attached hydrogen (secondary N) is 1. The lowest BCUT2D eigenvalue weighted by Crippen LogP contribution is -2.49. The summed E-state index contributed by atoms with van der Waals surface area (Å²) in [5, 5.41) is 3.64. The lowest BCUT2D eigenvalue weighted by atomic mass is 10.1. The molecule has 1 aliphatic rings. The highest BCUT2D eigenvalue weighted by Crippen LogP contribution is 2.23. The standard InChI is InChI=1S/C19H31ClN4O2/c1-15(24-11-9-22(2)10-12-24)7-8-21-19(25)23(3)14-16-13-17(20)5-6-18(16)26-4/h5-6,13,15H,7-12,14H2,1-4H3,(H,21,25)/t15-/m1/s1. The fourth-order valence-electron chi connectivity index (χ4n) is 3.17. The van der Waals surface area contributed by atoms with Crippen molar-refractivity contribution < 1.29 is 9.53 Å². The van der Waals surface area contributed by atoms with Crippen molar-refractivity contribution in [2.75, 3.05) is 53.9 Å². The van der Waals surface area contributed by atoms with Crippen molar-refractivity contribution in [3.05, 3.63) is 28.8 Å². The van der Waals surface area contributed by atoms with Crippen LogP contribution < -0.4 is 10.1 Å². The van der Waals surface area contributed by atoms with Crippen molar-refractivity contribution >= 4 is 17.6 Å². The first-order valence-electron chi connectivity index (χ1n) is 9.14. The van der Waals surface area contributed by atoms with Crippen LogP contribution in [0.5, 0.6) is 5.75 Å². The van der Waals surface area contributed by atoms with E-state index in [1.54, 1.807) is 25.1 Å². The third-order valence-corrected chi connectivity index (χ3v) is 5.23. The normalized spacial score (nSPS) is 17.0. The maximum absolute atomic E-state index is 12.4. The zero-order chi connectivity index (χ0) is 19.1. The van der Waals surface area contributed by atoms with Gasteiger partial charge in [-0.3, -0.25) is 4.90 Å². The van der Waals surface area contributed by atoms with Crippen LogP contribution >= 0.6 is 11.6 Å². The van der Waals surface area contributed by atoms with E-state index in [0.29, 0.717) is 24.2 Å². The second kappa shape index (κ2) is 10.00. The molecule has 1 aromatic carbocycles. The Morgan fingerprint density at radius 3 is 2.69 bits per heavy atom. The molecule has 0 bridgehead atoms. The Labute approximate surface area is 162 Å². The summed E-state index contributed by atoms with van der Waals surface area (Å²) in [6.45, 7) is 7.77. The average Bonchev–Trinajstić information content (AvgIpc) is 2.62. The number of nitrogens with zero attached hydrogens (tertiary/aromatic N) is 3. The van der Waals surface area contributed by atoms with E-state index in [1.807, 2.05) is 12.1 Å². The van der Waals surface area contributed by atoms with Gasteiger partial charge < -0.3 is 19.9 Å². The fourth-order valence-corrected chi connectivity index (χ4v) is 3.36. The first kappa shape index (κ1) is 20.8. The summed E-state index contributed by atoms with van der Waals surface area (Å²) < 4.78 is 5.34. The van der Waals surface area contributed by atoms with Gasteiger partial charge in [-0.2, -0.15) is 0 Å².